The van der Waals surface area contributed by atoms with Crippen molar-refractivity contribution in [1.29, 1.82) is 0 Å². The predicted molar refractivity (Wildman–Crippen MR) is 273 cm³/mol. The van der Waals surface area contributed by atoms with Crippen LogP contribution in [0.5, 0.6) is 0 Å². The Morgan fingerprint density at radius 3 is 1.29 bits per heavy atom. The van der Waals surface area contributed by atoms with Gasteiger partial charge in [0, 0.05) is 6.42 Å². The molecule has 0 aromatic carbocycles. The lowest BCUT2D eigenvalue weighted by molar-refractivity contribution is -0.151. The molecule has 1 amide bonds. The summed E-state index contributed by atoms with van der Waals surface area (Å²) in [5.74, 6) is -0.496. The van der Waals surface area contributed by atoms with Gasteiger partial charge < -0.3 is 20.3 Å². The lowest BCUT2D eigenvalue weighted by Crippen LogP contribution is -2.46. The van der Waals surface area contributed by atoms with E-state index in [2.05, 4.69) is 74.7 Å². The summed E-state index contributed by atoms with van der Waals surface area (Å²) >= 11 is 0. The molecule has 3 atom stereocenters. The van der Waals surface area contributed by atoms with E-state index in [9.17, 15) is 19.8 Å². The Balaban J connectivity index is 4.58. The molecule has 6 heteroatoms. The van der Waals surface area contributed by atoms with Gasteiger partial charge in [-0.1, -0.05) is 223 Å². The van der Waals surface area contributed by atoms with Gasteiger partial charge >= 0.3 is 5.97 Å². The zero-order valence-corrected chi connectivity index (χ0v) is 42.0. The van der Waals surface area contributed by atoms with Crippen molar-refractivity contribution in [3.05, 3.63) is 48.6 Å². The molecule has 3 unspecified atom stereocenters. The van der Waals surface area contributed by atoms with Crippen LogP contribution < -0.4 is 5.32 Å². The number of amides is 1. The average Bonchev–Trinajstić information content (AvgIpc) is 3.28. The van der Waals surface area contributed by atoms with Crippen molar-refractivity contribution in [2.75, 3.05) is 6.61 Å². The van der Waals surface area contributed by atoms with Gasteiger partial charge in [-0.25, -0.2) is 0 Å². The van der Waals surface area contributed by atoms with Gasteiger partial charge in [-0.15, -0.1) is 0 Å². The van der Waals surface area contributed by atoms with E-state index in [0.717, 1.165) is 89.9 Å². The van der Waals surface area contributed by atoms with Gasteiger partial charge in [0.2, 0.25) is 5.91 Å². The zero-order chi connectivity index (χ0) is 45.9. The SMILES string of the molecule is CCCCC/C=C\C/C=C\C/C=C\CCCCCCCCC(=O)OC(CCCCC/C=C/CCCCCCCCC)CC(=O)NC(CO)C(O)CCCCCCCCCCCCC. The number of unbranched alkanes of at least 4 members (excludes halogenated alkanes) is 29. The van der Waals surface area contributed by atoms with E-state index >= 15 is 0 Å². The summed E-state index contributed by atoms with van der Waals surface area (Å²) < 4.78 is 5.94. The molecule has 0 saturated carbocycles. The third-order valence-electron chi connectivity index (χ3n) is 12.4. The summed E-state index contributed by atoms with van der Waals surface area (Å²) in [4.78, 5) is 26.2. The highest BCUT2D eigenvalue weighted by molar-refractivity contribution is 5.77. The number of carbonyl (C=O) groups excluding carboxylic acids is 2. The van der Waals surface area contributed by atoms with Gasteiger partial charge in [0.25, 0.3) is 0 Å². The minimum atomic E-state index is -0.793. The summed E-state index contributed by atoms with van der Waals surface area (Å²) in [5, 5.41) is 23.8. The molecule has 368 valence electrons. The Kier molecular flexibility index (Phi) is 49.1. The van der Waals surface area contributed by atoms with Gasteiger partial charge in [-0.3, -0.25) is 9.59 Å². The number of aliphatic hydroxyl groups excluding tert-OH is 2. The van der Waals surface area contributed by atoms with Crippen molar-refractivity contribution in [3.8, 4) is 0 Å². The van der Waals surface area contributed by atoms with Crippen LogP contribution in [0.3, 0.4) is 0 Å². The predicted octanol–water partition coefficient (Wildman–Crippen LogP) is 16.6. The summed E-state index contributed by atoms with van der Waals surface area (Å²) in [6.45, 7) is 6.45. The highest BCUT2D eigenvalue weighted by Gasteiger charge is 2.24. The molecule has 0 rings (SSSR count). The number of hydrogen-bond acceptors (Lipinski definition) is 5. The molecule has 0 spiro atoms. The van der Waals surface area contributed by atoms with Crippen LogP contribution in [-0.2, 0) is 14.3 Å². The minimum Gasteiger partial charge on any atom is -0.462 e. The molecular weight excluding hydrogens is 779 g/mol. The Labute approximate surface area is 391 Å². The molecular formula is C57H105NO5. The molecule has 0 aromatic rings. The molecule has 0 radical (unpaired) electrons. The zero-order valence-electron chi connectivity index (χ0n) is 42.0. The Hall–Kier alpha value is -2.18. The molecule has 0 saturated heterocycles. The topological polar surface area (TPSA) is 95.9 Å². The highest BCUT2D eigenvalue weighted by atomic mass is 16.5. The van der Waals surface area contributed by atoms with E-state index in [4.69, 9.17) is 4.74 Å². The summed E-state index contributed by atoms with van der Waals surface area (Å²) in [7, 11) is 0. The Bertz CT molecular complexity index is 1080. The molecule has 0 aliphatic heterocycles. The van der Waals surface area contributed by atoms with Crippen molar-refractivity contribution in [1.82, 2.24) is 5.32 Å². The fourth-order valence-electron chi connectivity index (χ4n) is 8.20. The Morgan fingerprint density at radius 1 is 0.460 bits per heavy atom. The first-order chi connectivity index (χ1) is 31.0. The highest BCUT2D eigenvalue weighted by Crippen LogP contribution is 2.17. The maximum atomic E-state index is 13.2. The van der Waals surface area contributed by atoms with Gasteiger partial charge in [0.05, 0.1) is 25.2 Å². The van der Waals surface area contributed by atoms with Gasteiger partial charge in [0.15, 0.2) is 0 Å². The summed E-state index contributed by atoms with van der Waals surface area (Å²) in [6, 6.07) is -0.708. The third kappa shape index (κ3) is 46.2. The van der Waals surface area contributed by atoms with Crippen molar-refractivity contribution >= 4 is 11.9 Å². The molecule has 0 aromatic heterocycles. The Morgan fingerprint density at radius 2 is 0.810 bits per heavy atom. The van der Waals surface area contributed by atoms with Crippen LogP contribution in [0.25, 0.3) is 0 Å². The fourth-order valence-corrected chi connectivity index (χ4v) is 8.20. The van der Waals surface area contributed by atoms with E-state index in [-0.39, 0.29) is 24.9 Å². The molecule has 0 bridgehead atoms. The van der Waals surface area contributed by atoms with E-state index in [0.29, 0.717) is 19.3 Å². The average molecular weight is 884 g/mol. The number of ether oxygens (including phenoxy) is 1. The van der Waals surface area contributed by atoms with Crippen molar-refractivity contribution < 1.29 is 24.5 Å². The number of rotatable bonds is 49. The van der Waals surface area contributed by atoms with Gasteiger partial charge in [0.1, 0.15) is 6.10 Å². The summed E-state index contributed by atoms with van der Waals surface area (Å²) in [5.41, 5.74) is 0. The first-order valence-corrected chi connectivity index (χ1v) is 27.4. The molecule has 0 aliphatic rings. The number of nitrogens with one attached hydrogen (secondary N) is 1. The molecule has 6 nitrogen and oxygen atoms in total. The van der Waals surface area contributed by atoms with E-state index in [1.807, 2.05) is 0 Å². The largest absolute Gasteiger partial charge is 0.462 e. The van der Waals surface area contributed by atoms with E-state index in [1.54, 1.807) is 0 Å². The van der Waals surface area contributed by atoms with Gasteiger partial charge in [-0.2, -0.15) is 0 Å². The maximum Gasteiger partial charge on any atom is 0.306 e. The first-order valence-electron chi connectivity index (χ1n) is 27.4. The van der Waals surface area contributed by atoms with Crippen LogP contribution in [0.15, 0.2) is 48.6 Å². The minimum absolute atomic E-state index is 0.0625. The number of allylic oxidation sites excluding steroid dienone is 8. The number of aliphatic hydroxyl groups is 2. The molecule has 0 aliphatic carbocycles. The molecule has 0 heterocycles. The monoisotopic (exact) mass is 884 g/mol. The standard InChI is InChI=1S/C57H105NO5/c1-4-7-10-13-16-19-22-24-26-27-28-29-30-32-35-38-41-44-47-50-57(62)63-53(48-45-42-39-36-34-31-25-23-20-17-14-11-8-5-2)51-56(61)58-54(52-59)55(60)49-46-43-40-37-33-21-18-15-12-9-6-3/h16,19,24,26,28-29,31,34,53-55,59-60H,4-15,17-18,20-23,25,27,30,32-33,35-52H2,1-3H3,(H,58,61)/b19-16-,26-24-,29-28-,34-31+. The van der Waals surface area contributed by atoms with E-state index < -0.39 is 18.2 Å². The second-order valence-electron chi connectivity index (χ2n) is 18.6. The smallest absolute Gasteiger partial charge is 0.306 e. The molecule has 0 fully saturated rings. The van der Waals surface area contributed by atoms with E-state index in [1.165, 1.54) is 141 Å². The fraction of sp³-hybridized carbons (Fsp3) is 0.825. The lowest BCUT2D eigenvalue weighted by Gasteiger charge is -2.24. The van der Waals surface area contributed by atoms with Crippen LogP contribution >= 0.6 is 0 Å². The lowest BCUT2D eigenvalue weighted by atomic mass is 10.0. The van der Waals surface area contributed by atoms with Crippen molar-refractivity contribution in [2.45, 2.75) is 296 Å². The van der Waals surface area contributed by atoms with Gasteiger partial charge in [-0.05, 0) is 89.9 Å². The van der Waals surface area contributed by atoms with Crippen LogP contribution in [0, 0.1) is 0 Å². The summed E-state index contributed by atoms with van der Waals surface area (Å²) in [6.07, 6.45) is 61.7. The number of hydrogen-bond donors (Lipinski definition) is 3. The third-order valence-corrected chi connectivity index (χ3v) is 12.4. The maximum absolute atomic E-state index is 13.2. The van der Waals surface area contributed by atoms with Crippen LogP contribution in [-0.4, -0.2) is 46.9 Å². The second kappa shape index (κ2) is 50.8. The second-order valence-corrected chi connectivity index (χ2v) is 18.6. The quantitative estimate of drug-likeness (QED) is 0.0321. The first kappa shape index (κ1) is 60.8. The van der Waals surface area contributed by atoms with Crippen LogP contribution in [0.1, 0.15) is 278 Å². The van der Waals surface area contributed by atoms with Crippen LogP contribution in [0.4, 0.5) is 0 Å². The molecule has 3 N–H and O–H groups in total. The van der Waals surface area contributed by atoms with Crippen molar-refractivity contribution in [3.63, 3.8) is 0 Å². The normalized spacial score (nSPS) is 13.5. The molecule has 63 heavy (non-hydrogen) atoms. The number of esters is 1. The van der Waals surface area contributed by atoms with Crippen molar-refractivity contribution in [2.24, 2.45) is 0 Å². The number of carbonyl (C=O) groups is 2. The van der Waals surface area contributed by atoms with Crippen LogP contribution in [0.2, 0.25) is 0 Å².